The van der Waals surface area contributed by atoms with Gasteiger partial charge in [-0.15, -0.1) is 0 Å². The van der Waals surface area contributed by atoms with Gasteiger partial charge in [0.05, 0.1) is 21.1 Å². The van der Waals surface area contributed by atoms with Gasteiger partial charge >= 0.3 is 0 Å². The third kappa shape index (κ3) is 15.9. The van der Waals surface area contributed by atoms with E-state index in [1.165, 1.54) is 70.6 Å². The van der Waals surface area contributed by atoms with Crippen molar-refractivity contribution >= 4 is 13.7 Å². The monoisotopic (exact) mass is 490 g/mol. The van der Waals surface area contributed by atoms with Crippen molar-refractivity contribution in [1.82, 2.24) is 4.90 Å². The number of amides is 1. The quantitative estimate of drug-likeness (QED) is 0.126. The van der Waals surface area contributed by atoms with Crippen molar-refractivity contribution in [3.63, 3.8) is 0 Å². The first-order chi connectivity index (χ1) is 15.6. The van der Waals surface area contributed by atoms with Crippen LogP contribution >= 0.6 is 7.82 Å². The molecule has 33 heavy (non-hydrogen) atoms. The molecular weight excluding hydrogens is 439 g/mol. The first kappa shape index (κ1) is 30.6. The topological polar surface area (TPSA) is 78.9 Å². The van der Waals surface area contributed by atoms with Gasteiger partial charge in [-0.05, 0) is 19.3 Å². The number of carbonyl (C=O) groups is 1. The molecule has 7 nitrogen and oxygen atoms in total. The normalized spacial score (nSPS) is 18.6. The summed E-state index contributed by atoms with van der Waals surface area (Å²) in [6.45, 7) is 3.44. The van der Waals surface area contributed by atoms with Crippen LogP contribution in [0.3, 0.4) is 0 Å². The lowest BCUT2D eigenvalue weighted by Gasteiger charge is -2.32. The minimum Gasteiger partial charge on any atom is -0.756 e. The summed E-state index contributed by atoms with van der Waals surface area (Å²) in [6, 6.07) is 0. The smallest absolute Gasteiger partial charge is 0.270 e. The number of phosphoric ester groups is 1. The van der Waals surface area contributed by atoms with E-state index in [9.17, 15) is 14.3 Å². The number of likely N-dealkylation sites (tertiary alicyclic amines) is 1. The van der Waals surface area contributed by atoms with Crippen molar-refractivity contribution in [2.24, 2.45) is 0 Å². The molecule has 1 saturated heterocycles. The van der Waals surface area contributed by atoms with Crippen LogP contribution in [0.4, 0.5) is 0 Å². The fraction of sp³-hybridized carbons (Fsp3) is 0.960. The summed E-state index contributed by atoms with van der Waals surface area (Å²) in [5.74, 6) is -0.00747. The van der Waals surface area contributed by atoms with E-state index in [1.54, 1.807) is 4.90 Å². The lowest BCUT2D eigenvalue weighted by atomic mass is 10.0. The standard InChI is InChI=1S/C25H51N2O5P/c1-5-6-7-8-9-10-11-12-13-14-15-16-17-19-24(28)26-21-18-20-25(26)32-33(29,30)31-23-22-27(2,3)4/h25H,5-23H2,1-4H3/t25-/m0/s1. The molecule has 196 valence electrons. The molecular formula is C25H51N2O5P. The van der Waals surface area contributed by atoms with Crippen molar-refractivity contribution in [3.05, 3.63) is 0 Å². The predicted molar refractivity (Wildman–Crippen MR) is 133 cm³/mol. The SMILES string of the molecule is CCCCCCCCCCCCCCCC(=O)N1CCC[C@@H]1OP(=O)([O-])OCC[N+](C)(C)C. The van der Waals surface area contributed by atoms with Crippen LogP contribution in [-0.2, 0) is 18.4 Å². The van der Waals surface area contributed by atoms with Crippen LogP contribution in [0.2, 0.25) is 0 Å². The Bertz CT molecular complexity index is 567. The summed E-state index contributed by atoms with van der Waals surface area (Å²) >= 11 is 0. The third-order valence-electron chi connectivity index (χ3n) is 6.27. The Hall–Kier alpha value is -0.460. The van der Waals surface area contributed by atoms with Gasteiger partial charge in [0.2, 0.25) is 5.91 Å². The fourth-order valence-corrected chi connectivity index (χ4v) is 5.06. The van der Waals surface area contributed by atoms with Gasteiger partial charge in [0, 0.05) is 13.0 Å². The van der Waals surface area contributed by atoms with Crippen molar-refractivity contribution in [1.29, 1.82) is 0 Å². The zero-order valence-electron chi connectivity index (χ0n) is 21.9. The molecule has 0 aliphatic carbocycles. The van der Waals surface area contributed by atoms with Gasteiger partial charge in [0.25, 0.3) is 7.82 Å². The fourth-order valence-electron chi connectivity index (χ4n) is 4.17. The number of phosphoric acid groups is 1. The van der Waals surface area contributed by atoms with Crippen LogP contribution in [-0.4, -0.2) is 62.4 Å². The lowest BCUT2D eigenvalue weighted by Crippen LogP contribution is -2.39. The van der Waals surface area contributed by atoms with Gasteiger partial charge in [-0.2, -0.15) is 0 Å². The van der Waals surface area contributed by atoms with Gasteiger partial charge in [-0.3, -0.25) is 13.9 Å². The van der Waals surface area contributed by atoms with Crippen molar-refractivity contribution in [2.75, 3.05) is 40.8 Å². The molecule has 1 amide bonds. The second kappa shape index (κ2) is 17.0. The molecule has 1 unspecified atom stereocenters. The second-order valence-corrected chi connectivity index (χ2v) is 11.9. The summed E-state index contributed by atoms with van der Waals surface area (Å²) in [5.41, 5.74) is 0. The van der Waals surface area contributed by atoms with E-state index >= 15 is 0 Å². The number of carbonyl (C=O) groups excluding carboxylic acids is 1. The van der Waals surface area contributed by atoms with Gasteiger partial charge in [0.1, 0.15) is 19.4 Å². The molecule has 0 aromatic rings. The first-order valence-electron chi connectivity index (χ1n) is 13.4. The minimum atomic E-state index is -4.42. The first-order valence-corrected chi connectivity index (χ1v) is 14.8. The van der Waals surface area contributed by atoms with Crippen LogP contribution in [0.5, 0.6) is 0 Å². The molecule has 2 atom stereocenters. The highest BCUT2D eigenvalue weighted by Gasteiger charge is 2.32. The van der Waals surface area contributed by atoms with Crippen LogP contribution in [0, 0.1) is 0 Å². The zero-order chi connectivity index (χ0) is 24.6. The second-order valence-electron chi connectivity index (χ2n) is 10.6. The Morgan fingerprint density at radius 2 is 1.45 bits per heavy atom. The Labute approximate surface area is 203 Å². The van der Waals surface area contributed by atoms with E-state index in [1.807, 2.05) is 21.1 Å². The highest BCUT2D eigenvalue weighted by Crippen LogP contribution is 2.42. The van der Waals surface area contributed by atoms with E-state index < -0.39 is 14.1 Å². The summed E-state index contributed by atoms with van der Waals surface area (Å²) < 4.78 is 23.0. The summed E-state index contributed by atoms with van der Waals surface area (Å²) in [5, 5.41) is 0. The molecule has 8 heteroatoms. The van der Waals surface area contributed by atoms with E-state index in [4.69, 9.17) is 9.05 Å². The molecule has 1 fully saturated rings. The number of quaternary nitrogens is 1. The van der Waals surface area contributed by atoms with E-state index in [0.717, 1.165) is 19.3 Å². The van der Waals surface area contributed by atoms with Gasteiger partial charge in [0.15, 0.2) is 0 Å². The number of rotatable bonds is 20. The number of unbranched alkanes of at least 4 members (excludes halogenated alkanes) is 12. The molecule has 1 rings (SSSR count). The van der Waals surface area contributed by atoms with Crippen LogP contribution in [0.25, 0.3) is 0 Å². The van der Waals surface area contributed by atoms with Crippen LogP contribution in [0.1, 0.15) is 110 Å². The maximum atomic E-state index is 12.6. The van der Waals surface area contributed by atoms with E-state index in [0.29, 0.717) is 30.4 Å². The molecule has 0 saturated carbocycles. The molecule has 0 aromatic heterocycles. The molecule has 0 bridgehead atoms. The molecule has 0 radical (unpaired) electrons. The highest BCUT2D eigenvalue weighted by molar-refractivity contribution is 7.45. The van der Waals surface area contributed by atoms with Gasteiger partial charge < -0.3 is 18.8 Å². The van der Waals surface area contributed by atoms with Gasteiger partial charge in [-0.25, -0.2) is 0 Å². The number of hydrogen-bond acceptors (Lipinski definition) is 5. The Balaban J connectivity index is 2.11. The average Bonchev–Trinajstić information content (AvgIpc) is 3.17. The molecule has 1 heterocycles. The predicted octanol–water partition coefficient (Wildman–Crippen LogP) is 5.62. The van der Waals surface area contributed by atoms with Crippen LogP contribution < -0.4 is 4.89 Å². The van der Waals surface area contributed by atoms with Crippen molar-refractivity contribution < 1.29 is 27.8 Å². The third-order valence-corrected chi connectivity index (χ3v) is 7.27. The molecule has 0 spiro atoms. The Morgan fingerprint density at radius 3 is 1.97 bits per heavy atom. The lowest BCUT2D eigenvalue weighted by molar-refractivity contribution is -0.870. The molecule has 1 aliphatic heterocycles. The maximum Gasteiger partial charge on any atom is 0.270 e. The number of likely N-dealkylation sites (N-methyl/N-ethyl adjacent to an activating group) is 1. The summed E-state index contributed by atoms with van der Waals surface area (Å²) in [6.07, 6.45) is 17.5. The zero-order valence-corrected chi connectivity index (χ0v) is 22.8. The van der Waals surface area contributed by atoms with E-state index in [2.05, 4.69) is 6.92 Å². The molecule has 0 aromatic carbocycles. The Kier molecular flexibility index (Phi) is 15.8. The Morgan fingerprint density at radius 1 is 0.939 bits per heavy atom. The summed E-state index contributed by atoms with van der Waals surface area (Å²) in [7, 11) is 1.48. The molecule has 0 N–H and O–H groups in total. The van der Waals surface area contributed by atoms with E-state index in [-0.39, 0.29) is 12.5 Å². The highest BCUT2D eigenvalue weighted by atomic mass is 31.2. The molecule has 1 aliphatic rings. The van der Waals surface area contributed by atoms with Crippen molar-refractivity contribution in [3.8, 4) is 0 Å². The largest absolute Gasteiger partial charge is 0.756 e. The minimum absolute atomic E-state index is 0.00747. The average molecular weight is 491 g/mol. The van der Waals surface area contributed by atoms with Crippen molar-refractivity contribution in [2.45, 2.75) is 116 Å². The van der Waals surface area contributed by atoms with Crippen LogP contribution in [0.15, 0.2) is 0 Å². The number of hydrogen-bond donors (Lipinski definition) is 0. The van der Waals surface area contributed by atoms with Gasteiger partial charge in [-0.1, -0.05) is 84.0 Å². The number of nitrogens with zero attached hydrogens (tertiary/aromatic N) is 2. The maximum absolute atomic E-state index is 12.6. The summed E-state index contributed by atoms with van der Waals surface area (Å²) in [4.78, 5) is 26.3.